The van der Waals surface area contributed by atoms with Crippen LogP contribution in [0.15, 0.2) is 45.5 Å². The van der Waals surface area contributed by atoms with Crippen LogP contribution in [0.2, 0.25) is 0 Å². The zero-order chi connectivity index (χ0) is 15.6. The molecule has 1 aliphatic carbocycles. The predicted octanol–water partition coefficient (Wildman–Crippen LogP) is 3.71. The zero-order valence-corrected chi connectivity index (χ0v) is 13.9. The van der Waals surface area contributed by atoms with Crippen LogP contribution in [-0.2, 0) is 9.63 Å². The van der Waals surface area contributed by atoms with Crippen molar-refractivity contribution in [3.63, 3.8) is 0 Å². The highest BCUT2D eigenvalue weighted by molar-refractivity contribution is 9.10. The largest absolute Gasteiger partial charge is 0.365 e. The van der Waals surface area contributed by atoms with Gasteiger partial charge in [0, 0.05) is 4.47 Å². The molecule has 0 bridgehead atoms. The molecule has 0 aromatic heterocycles. The van der Waals surface area contributed by atoms with E-state index in [0.29, 0.717) is 11.1 Å². The first-order chi connectivity index (χ1) is 9.90. The standard InChI is InChI=1S/C14H10BrCl2NO3/c1-7-6-10(19)11(16)12(17)13(7)18-21-14(20)8-2-4-9(15)5-3-8/h2-6,11-12H,1H3/b18-13-/t11-,12+/m1/s1. The first-order valence-electron chi connectivity index (χ1n) is 5.95. The van der Waals surface area contributed by atoms with Crippen molar-refractivity contribution in [2.45, 2.75) is 17.7 Å². The summed E-state index contributed by atoms with van der Waals surface area (Å²) in [5, 5.41) is 2.00. The number of benzene rings is 1. The van der Waals surface area contributed by atoms with E-state index in [1.54, 1.807) is 31.2 Å². The van der Waals surface area contributed by atoms with Gasteiger partial charge >= 0.3 is 5.97 Å². The SMILES string of the molecule is CC1=CC(=O)[C@@H](Cl)[C@H](Cl)/C1=N\OC(=O)c1ccc(Br)cc1. The topological polar surface area (TPSA) is 55.7 Å². The zero-order valence-electron chi connectivity index (χ0n) is 10.8. The summed E-state index contributed by atoms with van der Waals surface area (Å²) in [5.74, 6) is -0.901. The molecule has 1 aliphatic rings. The Morgan fingerprint density at radius 2 is 1.86 bits per heavy atom. The van der Waals surface area contributed by atoms with Gasteiger partial charge in [0.1, 0.15) is 16.5 Å². The Bertz CT molecular complexity index is 640. The highest BCUT2D eigenvalue weighted by Crippen LogP contribution is 2.23. The van der Waals surface area contributed by atoms with Crippen LogP contribution in [0.3, 0.4) is 0 Å². The van der Waals surface area contributed by atoms with Gasteiger partial charge in [-0.2, -0.15) is 0 Å². The maximum absolute atomic E-state index is 11.9. The maximum Gasteiger partial charge on any atom is 0.365 e. The molecule has 1 aromatic rings. The molecule has 0 amide bonds. The van der Waals surface area contributed by atoms with Crippen LogP contribution in [0.4, 0.5) is 0 Å². The number of ketones is 1. The molecule has 0 unspecified atom stereocenters. The number of allylic oxidation sites excluding steroid dienone is 2. The normalized spacial score (nSPS) is 23.9. The van der Waals surface area contributed by atoms with E-state index in [4.69, 9.17) is 28.0 Å². The average molecular weight is 391 g/mol. The third-order valence-corrected chi connectivity index (χ3v) is 4.44. The Morgan fingerprint density at radius 3 is 2.48 bits per heavy atom. The minimum atomic E-state index is -0.916. The van der Waals surface area contributed by atoms with Crippen molar-refractivity contribution in [1.82, 2.24) is 0 Å². The number of nitrogens with zero attached hydrogens (tertiary/aromatic N) is 1. The van der Waals surface area contributed by atoms with Crippen molar-refractivity contribution in [3.8, 4) is 0 Å². The van der Waals surface area contributed by atoms with E-state index in [0.717, 1.165) is 4.47 Å². The summed E-state index contributed by atoms with van der Waals surface area (Å²) in [5.41, 5.74) is 1.16. The lowest BCUT2D eigenvalue weighted by Gasteiger charge is -2.20. The van der Waals surface area contributed by atoms with Crippen molar-refractivity contribution in [2.75, 3.05) is 0 Å². The molecule has 0 aliphatic heterocycles. The van der Waals surface area contributed by atoms with Gasteiger partial charge in [0.15, 0.2) is 5.78 Å². The van der Waals surface area contributed by atoms with E-state index in [9.17, 15) is 9.59 Å². The summed E-state index contributed by atoms with van der Waals surface area (Å²) in [6, 6.07) is 6.63. The van der Waals surface area contributed by atoms with Gasteiger partial charge in [0.25, 0.3) is 0 Å². The van der Waals surface area contributed by atoms with Crippen LogP contribution in [0.5, 0.6) is 0 Å². The third-order valence-electron chi connectivity index (χ3n) is 2.86. The summed E-state index contributed by atoms with van der Waals surface area (Å²) in [6.45, 7) is 1.66. The van der Waals surface area contributed by atoms with Gasteiger partial charge in [-0.3, -0.25) is 4.79 Å². The summed E-state index contributed by atoms with van der Waals surface area (Å²) < 4.78 is 0.848. The van der Waals surface area contributed by atoms with Crippen molar-refractivity contribution < 1.29 is 14.4 Å². The highest BCUT2D eigenvalue weighted by Gasteiger charge is 2.33. The molecule has 21 heavy (non-hydrogen) atoms. The lowest BCUT2D eigenvalue weighted by molar-refractivity contribution is -0.114. The van der Waals surface area contributed by atoms with Crippen molar-refractivity contribution in [2.24, 2.45) is 5.16 Å². The molecule has 0 heterocycles. The summed E-state index contributed by atoms with van der Waals surface area (Å²) >= 11 is 15.2. The molecular formula is C14H10BrCl2NO3. The van der Waals surface area contributed by atoms with E-state index >= 15 is 0 Å². The molecule has 0 spiro atoms. The molecule has 4 nitrogen and oxygen atoms in total. The predicted molar refractivity (Wildman–Crippen MR) is 85.0 cm³/mol. The van der Waals surface area contributed by atoms with Gasteiger partial charge in [-0.25, -0.2) is 4.79 Å². The molecule has 2 rings (SSSR count). The molecule has 0 saturated carbocycles. The Hall–Kier alpha value is -1.17. The molecule has 0 radical (unpaired) electrons. The van der Waals surface area contributed by atoms with Crippen LogP contribution in [0, 0.1) is 0 Å². The Kier molecular flexibility index (Phi) is 5.19. The van der Waals surface area contributed by atoms with Crippen LogP contribution in [-0.4, -0.2) is 28.2 Å². The molecule has 0 fully saturated rings. The molecule has 0 saturated heterocycles. The van der Waals surface area contributed by atoms with Gasteiger partial charge < -0.3 is 4.84 Å². The van der Waals surface area contributed by atoms with Crippen LogP contribution >= 0.6 is 39.1 Å². The highest BCUT2D eigenvalue weighted by atomic mass is 79.9. The fraction of sp³-hybridized carbons (Fsp3) is 0.214. The molecule has 110 valence electrons. The van der Waals surface area contributed by atoms with Gasteiger partial charge in [0.2, 0.25) is 0 Å². The lowest BCUT2D eigenvalue weighted by atomic mass is 9.97. The number of halogens is 3. The van der Waals surface area contributed by atoms with Crippen LogP contribution < -0.4 is 0 Å². The van der Waals surface area contributed by atoms with Crippen molar-refractivity contribution >= 4 is 56.6 Å². The molecule has 2 atom stereocenters. The van der Waals surface area contributed by atoms with E-state index < -0.39 is 16.7 Å². The van der Waals surface area contributed by atoms with Gasteiger partial charge in [0.05, 0.1) is 5.56 Å². The number of carbonyl (C=O) groups is 2. The van der Waals surface area contributed by atoms with E-state index in [1.165, 1.54) is 6.08 Å². The summed E-state index contributed by atoms with van der Waals surface area (Å²) in [4.78, 5) is 28.2. The van der Waals surface area contributed by atoms with Crippen LogP contribution in [0.1, 0.15) is 17.3 Å². The van der Waals surface area contributed by atoms with Crippen molar-refractivity contribution in [1.29, 1.82) is 0 Å². The number of rotatable bonds is 2. The first kappa shape index (κ1) is 16.2. The fourth-order valence-electron chi connectivity index (χ4n) is 1.72. The Balaban J connectivity index is 2.16. The maximum atomic E-state index is 11.9. The third kappa shape index (κ3) is 3.73. The van der Waals surface area contributed by atoms with E-state index in [-0.39, 0.29) is 11.5 Å². The Morgan fingerprint density at radius 1 is 1.24 bits per heavy atom. The number of alkyl halides is 2. The van der Waals surface area contributed by atoms with Crippen LogP contribution in [0.25, 0.3) is 0 Å². The first-order valence-corrected chi connectivity index (χ1v) is 7.62. The number of hydrogen-bond acceptors (Lipinski definition) is 4. The second-order valence-electron chi connectivity index (χ2n) is 4.40. The van der Waals surface area contributed by atoms with Gasteiger partial charge in [-0.15, -0.1) is 23.2 Å². The minimum Gasteiger partial charge on any atom is -0.312 e. The molecular weight excluding hydrogens is 381 g/mol. The molecule has 0 N–H and O–H groups in total. The Labute approximate surface area is 139 Å². The van der Waals surface area contributed by atoms with Crippen molar-refractivity contribution in [3.05, 3.63) is 46.0 Å². The number of hydrogen-bond donors (Lipinski definition) is 0. The monoisotopic (exact) mass is 389 g/mol. The average Bonchev–Trinajstić information content (AvgIpc) is 2.45. The fourth-order valence-corrected chi connectivity index (χ4v) is 2.50. The summed E-state index contributed by atoms with van der Waals surface area (Å²) in [7, 11) is 0. The quantitative estimate of drug-likeness (QED) is 0.439. The number of carbonyl (C=O) groups excluding carboxylic acids is 2. The van der Waals surface area contributed by atoms with Gasteiger partial charge in [-0.1, -0.05) is 21.1 Å². The second-order valence-corrected chi connectivity index (χ2v) is 6.25. The van der Waals surface area contributed by atoms with Gasteiger partial charge in [-0.05, 0) is 42.8 Å². The smallest absolute Gasteiger partial charge is 0.312 e. The second kappa shape index (κ2) is 6.73. The lowest BCUT2D eigenvalue weighted by Crippen LogP contribution is -2.36. The molecule has 7 heteroatoms. The van der Waals surface area contributed by atoms with E-state index in [2.05, 4.69) is 21.1 Å². The number of oxime groups is 1. The minimum absolute atomic E-state index is 0.279. The van der Waals surface area contributed by atoms with E-state index in [1.807, 2.05) is 0 Å². The summed E-state index contributed by atoms with van der Waals surface area (Å²) in [6.07, 6.45) is 1.34. The molecule has 1 aromatic carbocycles.